The maximum Gasteiger partial charge on any atom is 0.404 e. The van der Waals surface area contributed by atoms with Crippen molar-refractivity contribution >= 4 is 6.09 Å². The Bertz CT molecular complexity index is 115. The first-order chi connectivity index (χ1) is 5.16. The first kappa shape index (κ1) is 10.3. The van der Waals surface area contributed by atoms with Crippen LogP contribution in [0.5, 0.6) is 0 Å². The summed E-state index contributed by atoms with van der Waals surface area (Å²) in [6.07, 6.45) is 2.60. The Labute approximate surface area is 67.9 Å². The van der Waals surface area contributed by atoms with Gasteiger partial charge in [0.2, 0.25) is 0 Å². The molecule has 1 atom stereocenters. The summed E-state index contributed by atoms with van der Waals surface area (Å²) in [6, 6.07) is 0. The Morgan fingerprint density at radius 3 is 2.64 bits per heavy atom. The van der Waals surface area contributed by atoms with Gasteiger partial charge < -0.3 is 10.5 Å². The number of nitrogens with two attached hydrogens (primary N) is 1. The third kappa shape index (κ3) is 7.16. The Morgan fingerprint density at radius 1 is 1.55 bits per heavy atom. The molecule has 0 aromatic heterocycles. The van der Waals surface area contributed by atoms with Crippen molar-refractivity contribution in [2.75, 3.05) is 6.61 Å². The van der Waals surface area contributed by atoms with E-state index in [1.807, 2.05) is 0 Å². The highest BCUT2D eigenvalue weighted by Gasteiger charge is 2.01. The summed E-state index contributed by atoms with van der Waals surface area (Å²) in [5.74, 6) is 0.624. The first-order valence-electron chi connectivity index (χ1n) is 4.09. The molecule has 0 rings (SSSR count). The van der Waals surface area contributed by atoms with Gasteiger partial charge in [-0.3, -0.25) is 0 Å². The van der Waals surface area contributed by atoms with E-state index in [-0.39, 0.29) is 0 Å². The number of rotatable bonds is 5. The minimum absolute atomic E-state index is 0.455. The van der Waals surface area contributed by atoms with Crippen molar-refractivity contribution in [3.05, 3.63) is 0 Å². The zero-order valence-electron chi connectivity index (χ0n) is 7.30. The molecule has 0 fully saturated rings. The minimum atomic E-state index is -0.673. The summed E-state index contributed by atoms with van der Waals surface area (Å²) in [7, 11) is 0. The second-order valence-electron chi connectivity index (χ2n) is 2.85. The number of ether oxygens (including phenoxy) is 1. The first-order valence-corrected chi connectivity index (χ1v) is 4.09. The molecule has 3 nitrogen and oxygen atoms in total. The van der Waals surface area contributed by atoms with Crippen LogP contribution in [0.4, 0.5) is 4.79 Å². The van der Waals surface area contributed by atoms with Gasteiger partial charge in [-0.05, 0) is 12.3 Å². The van der Waals surface area contributed by atoms with Crippen LogP contribution >= 0.6 is 0 Å². The molecule has 0 saturated heterocycles. The van der Waals surface area contributed by atoms with Crippen LogP contribution in [0.25, 0.3) is 0 Å². The molecule has 0 saturated carbocycles. The van der Waals surface area contributed by atoms with Gasteiger partial charge in [-0.15, -0.1) is 0 Å². The van der Waals surface area contributed by atoms with Crippen molar-refractivity contribution in [2.45, 2.75) is 33.1 Å². The van der Waals surface area contributed by atoms with Crippen molar-refractivity contribution in [3.63, 3.8) is 0 Å². The van der Waals surface area contributed by atoms with Crippen LogP contribution in [0.3, 0.4) is 0 Å². The van der Waals surface area contributed by atoms with Gasteiger partial charge in [0.15, 0.2) is 0 Å². The molecule has 0 aromatic carbocycles. The van der Waals surface area contributed by atoms with E-state index in [4.69, 9.17) is 5.73 Å². The summed E-state index contributed by atoms with van der Waals surface area (Å²) in [6.45, 7) is 4.75. The van der Waals surface area contributed by atoms with Crippen LogP contribution in [0, 0.1) is 5.92 Å². The normalized spacial score (nSPS) is 12.5. The molecule has 0 spiro atoms. The zero-order valence-corrected chi connectivity index (χ0v) is 7.30. The zero-order chi connectivity index (χ0) is 8.69. The van der Waals surface area contributed by atoms with E-state index in [1.54, 1.807) is 0 Å². The number of carbonyl (C=O) groups excluding carboxylic acids is 1. The van der Waals surface area contributed by atoms with Crippen LogP contribution in [-0.2, 0) is 4.74 Å². The average Bonchev–Trinajstić information content (AvgIpc) is 1.87. The summed E-state index contributed by atoms with van der Waals surface area (Å²) in [5.41, 5.74) is 4.79. The van der Waals surface area contributed by atoms with Gasteiger partial charge in [-0.2, -0.15) is 0 Å². The summed E-state index contributed by atoms with van der Waals surface area (Å²) in [5, 5.41) is 0. The van der Waals surface area contributed by atoms with E-state index >= 15 is 0 Å². The van der Waals surface area contributed by atoms with E-state index in [9.17, 15) is 4.79 Å². The monoisotopic (exact) mass is 159 g/mol. The van der Waals surface area contributed by atoms with E-state index < -0.39 is 6.09 Å². The van der Waals surface area contributed by atoms with Gasteiger partial charge in [0.05, 0.1) is 6.61 Å². The fraction of sp³-hybridized carbons (Fsp3) is 0.875. The van der Waals surface area contributed by atoms with Crippen LogP contribution in [0.1, 0.15) is 33.1 Å². The van der Waals surface area contributed by atoms with Crippen LogP contribution in [0.2, 0.25) is 0 Å². The lowest BCUT2D eigenvalue weighted by molar-refractivity contribution is 0.149. The lowest BCUT2D eigenvalue weighted by Gasteiger charge is -2.08. The SMILES string of the molecule is CCC[C@H](C)CCOC(N)=O. The molecule has 0 bridgehead atoms. The van der Waals surface area contributed by atoms with E-state index in [1.165, 1.54) is 12.8 Å². The highest BCUT2D eigenvalue weighted by molar-refractivity contribution is 5.64. The molecule has 0 aliphatic heterocycles. The maximum absolute atomic E-state index is 10.1. The van der Waals surface area contributed by atoms with E-state index in [0.717, 1.165) is 6.42 Å². The van der Waals surface area contributed by atoms with Crippen molar-refractivity contribution in [3.8, 4) is 0 Å². The van der Waals surface area contributed by atoms with Gasteiger partial charge in [0.25, 0.3) is 0 Å². The van der Waals surface area contributed by atoms with Crippen molar-refractivity contribution < 1.29 is 9.53 Å². The van der Waals surface area contributed by atoms with E-state index in [0.29, 0.717) is 12.5 Å². The fourth-order valence-corrected chi connectivity index (χ4v) is 0.998. The smallest absolute Gasteiger partial charge is 0.404 e. The molecule has 2 N–H and O–H groups in total. The van der Waals surface area contributed by atoms with Crippen LogP contribution < -0.4 is 5.73 Å². The molecule has 11 heavy (non-hydrogen) atoms. The predicted molar refractivity (Wildman–Crippen MR) is 44.2 cm³/mol. The fourth-order valence-electron chi connectivity index (χ4n) is 0.998. The molecule has 0 heterocycles. The second-order valence-corrected chi connectivity index (χ2v) is 2.85. The van der Waals surface area contributed by atoms with Gasteiger partial charge in [-0.1, -0.05) is 26.7 Å². The number of primary amides is 1. The highest BCUT2D eigenvalue weighted by Crippen LogP contribution is 2.09. The Hall–Kier alpha value is -0.730. The van der Waals surface area contributed by atoms with Gasteiger partial charge in [-0.25, -0.2) is 4.79 Å². The number of hydrogen-bond acceptors (Lipinski definition) is 2. The molecule has 0 unspecified atom stereocenters. The maximum atomic E-state index is 10.1. The molecule has 0 radical (unpaired) electrons. The summed E-state index contributed by atoms with van der Waals surface area (Å²) < 4.78 is 4.60. The lowest BCUT2D eigenvalue weighted by Crippen LogP contribution is -2.14. The van der Waals surface area contributed by atoms with Crippen molar-refractivity contribution in [1.29, 1.82) is 0 Å². The standard InChI is InChI=1S/C8H17NO2/c1-3-4-7(2)5-6-11-8(9)10/h7H,3-6H2,1-2H3,(H2,9,10)/t7-/m0/s1. The highest BCUT2D eigenvalue weighted by atomic mass is 16.5. The topological polar surface area (TPSA) is 52.3 Å². The number of carbonyl (C=O) groups is 1. The molecule has 3 heteroatoms. The van der Waals surface area contributed by atoms with E-state index in [2.05, 4.69) is 18.6 Å². The number of hydrogen-bond donors (Lipinski definition) is 1. The molecular weight excluding hydrogens is 142 g/mol. The average molecular weight is 159 g/mol. The van der Waals surface area contributed by atoms with Crippen molar-refractivity contribution in [1.82, 2.24) is 0 Å². The summed E-state index contributed by atoms with van der Waals surface area (Å²) in [4.78, 5) is 10.1. The Balaban J connectivity index is 3.16. The Kier molecular flexibility index (Phi) is 5.61. The molecular formula is C8H17NO2. The van der Waals surface area contributed by atoms with Gasteiger partial charge in [0, 0.05) is 0 Å². The largest absolute Gasteiger partial charge is 0.450 e. The molecule has 0 aliphatic carbocycles. The van der Waals surface area contributed by atoms with Crippen molar-refractivity contribution in [2.24, 2.45) is 11.7 Å². The van der Waals surface area contributed by atoms with Gasteiger partial charge in [0.1, 0.15) is 0 Å². The minimum Gasteiger partial charge on any atom is -0.450 e. The quantitative estimate of drug-likeness (QED) is 0.666. The van der Waals surface area contributed by atoms with Crippen LogP contribution in [-0.4, -0.2) is 12.7 Å². The third-order valence-electron chi connectivity index (χ3n) is 1.64. The Morgan fingerprint density at radius 2 is 2.18 bits per heavy atom. The molecule has 66 valence electrons. The molecule has 0 aromatic rings. The molecule has 1 amide bonds. The number of amides is 1. The van der Waals surface area contributed by atoms with Crippen LogP contribution in [0.15, 0.2) is 0 Å². The third-order valence-corrected chi connectivity index (χ3v) is 1.64. The summed E-state index contributed by atoms with van der Waals surface area (Å²) >= 11 is 0. The lowest BCUT2D eigenvalue weighted by atomic mass is 10.0. The van der Waals surface area contributed by atoms with Gasteiger partial charge >= 0.3 is 6.09 Å². The predicted octanol–water partition coefficient (Wildman–Crippen LogP) is 1.91. The molecule has 0 aliphatic rings. The second kappa shape index (κ2) is 6.01.